The highest BCUT2D eigenvalue weighted by Gasteiger charge is 2.25. The van der Waals surface area contributed by atoms with E-state index in [1.165, 1.54) is 38.5 Å². The van der Waals surface area contributed by atoms with Crippen LogP contribution in [0, 0.1) is 0 Å². The summed E-state index contributed by atoms with van der Waals surface area (Å²) >= 11 is 0. The van der Waals surface area contributed by atoms with Gasteiger partial charge in [-0.1, -0.05) is 50.7 Å². The van der Waals surface area contributed by atoms with E-state index >= 15 is 0 Å². The maximum atomic E-state index is 10.2. The Morgan fingerprint density at radius 2 is 1.53 bits per heavy atom. The van der Waals surface area contributed by atoms with Crippen molar-refractivity contribution in [3.05, 3.63) is 12.2 Å². The van der Waals surface area contributed by atoms with E-state index in [2.05, 4.69) is 6.08 Å². The molecule has 0 unspecified atom stereocenters. The molecular formula is C15H28O2. The van der Waals surface area contributed by atoms with Crippen LogP contribution in [0.15, 0.2) is 12.2 Å². The Kier molecular flexibility index (Phi) is 7.54. The highest BCUT2D eigenvalue weighted by Crippen LogP contribution is 2.29. The van der Waals surface area contributed by atoms with Gasteiger partial charge in [-0.3, -0.25) is 0 Å². The standard InChI is InChI=1S/C15H28O2/c16-14-10-5-3-1-2-4-7-11-15(17)12-8-6-9-13-15/h7,11,16-17H,1-6,8-10,12-14H2/b11-7-. The molecule has 0 aromatic carbocycles. The molecule has 1 fully saturated rings. The molecule has 0 bridgehead atoms. The Bertz CT molecular complexity index is 205. The van der Waals surface area contributed by atoms with Crippen molar-refractivity contribution in [2.75, 3.05) is 6.61 Å². The quantitative estimate of drug-likeness (QED) is 0.503. The first-order valence-corrected chi connectivity index (χ1v) is 7.28. The van der Waals surface area contributed by atoms with Gasteiger partial charge in [-0.15, -0.1) is 0 Å². The first kappa shape index (κ1) is 14.7. The molecule has 0 spiro atoms. The lowest BCUT2D eigenvalue weighted by molar-refractivity contribution is 0.0511. The van der Waals surface area contributed by atoms with Crippen molar-refractivity contribution >= 4 is 0 Å². The molecule has 2 nitrogen and oxygen atoms in total. The first-order valence-electron chi connectivity index (χ1n) is 7.28. The summed E-state index contributed by atoms with van der Waals surface area (Å²) < 4.78 is 0. The van der Waals surface area contributed by atoms with Gasteiger partial charge in [0.05, 0.1) is 5.60 Å². The molecule has 0 aliphatic heterocycles. The van der Waals surface area contributed by atoms with E-state index in [-0.39, 0.29) is 0 Å². The summed E-state index contributed by atoms with van der Waals surface area (Å²) in [5.41, 5.74) is -0.491. The summed E-state index contributed by atoms with van der Waals surface area (Å²) in [5.74, 6) is 0. The van der Waals surface area contributed by atoms with Crippen molar-refractivity contribution in [1.29, 1.82) is 0 Å². The number of aliphatic hydroxyl groups is 2. The van der Waals surface area contributed by atoms with Crippen molar-refractivity contribution in [1.82, 2.24) is 0 Å². The van der Waals surface area contributed by atoms with E-state index in [0.717, 1.165) is 32.1 Å². The number of unbranched alkanes of at least 4 members (excludes halogenated alkanes) is 5. The van der Waals surface area contributed by atoms with Crippen LogP contribution < -0.4 is 0 Å². The summed E-state index contributed by atoms with van der Waals surface area (Å²) in [6.45, 7) is 0.326. The van der Waals surface area contributed by atoms with Crippen molar-refractivity contribution in [3.8, 4) is 0 Å². The minimum Gasteiger partial charge on any atom is -0.396 e. The second kappa shape index (κ2) is 8.71. The zero-order chi connectivity index (χ0) is 12.4. The molecule has 1 aliphatic carbocycles. The molecule has 2 N–H and O–H groups in total. The lowest BCUT2D eigenvalue weighted by Gasteiger charge is -2.28. The molecule has 0 heterocycles. The number of allylic oxidation sites excluding steroid dienone is 1. The molecule has 0 atom stereocenters. The normalized spacial score (nSPS) is 19.9. The highest BCUT2D eigenvalue weighted by atomic mass is 16.3. The van der Waals surface area contributed by atoms with Crippen LogP contribution in [-0.4, -0.2) is 22.4 Å². The average molecular weight is 240 g/mol. The lowest BCUT2D eigenvalue weighted by atomic mass is 9.84. The maximum Gasteiger partial charge on any atom is 0.0827 e. The molecule has 1 saturated carbocycles. The topological polar surface area (TPSA) is 40.5 Å². The van der Waals surface area contributed by atoms with E-state index in [1.54, 1.807) is 0 Å². The van der Waals surface area contributed by atoms with Gasteiger partial charge in [0.25, 0.3) is 0 Å². The summed E-state index contributed by atoms with van der Waals surface area (Å²) in [7, 11) is 0. The SMILES string of the molecule is OCCCCCCC/C=C\C1(O)CCCCC1. The fraction of sp³-hybridized carbons (Fsp3) is 0.867. The van der Waals surface area contributed by atoms with E-state index in [1.807, 2.05) is 6.08 Å². The van der Waals surface area contributed by atoms with Crippen LogP contribution in [0.25, 0.3) is 0 Å². The minimum atomic E-state index is -0.491. The second-order valence-corrected chi connectivity index (χ2v) is 5.35. The Hall–Kier alpha value is -0.340. The Morgan fingerprint density at radius 1 is 0.882 bits per heavy atom. The molecule has 2 heteroatoms. The van der Waals surface area contributed by atoms with Gasteiger partial charge >= 0.3 is 0 Å². The average Bonchev–Trinajstić information content (AvgIpc) is 2.33. The van der Waals surface area contributed by atoms with Gasteiger partial charge in [-0.25, -0.2) is 0 Å². The van der Waals surface area contributed by atoms with Crippen LogP contribution in [0.5, 0.6) is 0 Å². The number of rotatable bonds is 8. The largest absolute Gasteiger partial charge is 0.396 e. The fourth-order valence-electron chi connectivity index (χ4n) is 2.54. The van der Waals surface area contributed by atoms with Crippen LogP contribution in [0.3, 0.4) is 0 Å². The number of hydrogen-bond donors (Lipinski definition) is 2. The monoisotopic (exact) mass is 240 g/mol. The van der Waals surface area contributed by atoms with E-state index < -0.39 is 5.60 Å². The molecular weight excluding hydrogens is 212 g/mol. The Balaban J connectivity index is 2.01. The first-order chi connectivity index (χ1) is 8.27. The summed E-state index contributed by atoms with van der Waals surface area (Å²) in [4.78, 5) is 0. The van der Waals surface area contributed by atoms with Gasteiger partial charge in [0.15, 0.2) is 0 Å². The third kappa shape index (κ3) is 6.85. The van der Waals surface area contributed by atoms with Crippen LogP contribution in [0.4, 0.5) is 0 Å². The maximum absolute atomic E-state index is 10.2. The third-order valence-corrected chi connectivity index (χ3v) is 3.68. The number of aliphatic hydroxyl groups excluding tert-OH is 1. The molecule has 0 amide bonds. The highest BCUT2D eigenvalue weighted by molar-refractivity contribution is 5.02. The van der Waals surface area contributed by atoms with Crippen LogP contribution >= 0.6 is 0 Å². The molecule has 0 radical (unpaired) electrons. The molecule has 0 saturated heterocycles. The predicted octanol–water partition coefficient (Wildman–Crippen LogP) is 3.57. The van der Waals surface area contributed by atoms with Gasteiger partial charge < -0.3 is 10.2 Å². The third-order valence-electron chi connectivity index (χ3n) is 3.68. The molecule has 1 aliphatic rings. The van der Waals surface area contributed by atoms with Crippen molar-refractivity contribution in [2.24, 2.45) is 0 Å². The van der Waals surface area contributed by atoms with E-state index in [4.69, 9.17) is 5.11 Å². The van der Waals surface area contributed by atoms with Gasteiger partial charge in [0.1, 0.15) is 0 Å². The van der Waals surface area contributed by atoms with Crippen molar-refractivity contribution < 1.29 is 10.2 Å². The van der Waals surface area contributed by atoms with Gasteiger partial charge in [-0.2, -0.15) is 0 Å². The van der Waals surface area contributed by atoms with Gasteiger partial charge in [0.2, 0.25) is 0 Å². The Morgan fingerprint density at radius 3 is 2.24 bits per heavy atom. The zero-order valence-electron chi connectivity index (χ0n) is 11.0. The smallest absolute Gasteiger partial charge is 0.0827 e. The van der Waals surface area contributed by atoms with Crippen LogP contribution in [-0.2, 0) is 0 Å². The fourth-order valence-corrected chi connectivity index (χ4v) is 2.54. The second-order valence-electron chi connectivity index (χ2n) is 5.35. The minimum absolute atomic E-state index is 0.326. The van der Waals surface area contributed by atoms with Gasteiger partial charge in [-0.05, 0) is 32.1 Å². The van der Waals surface area contributed by atoms with Crippen LogP contribution in [0.1, 0.15) is 70.6 Å². The molecule has 0 aromatic rings. The number of hydrogen-bond acceptors (Lipinski definition) is 2. The van der Waals surface area contributed by atoms with E-state index in [0.29, 0.717) is 6.61 Å². The summed E-state index contributed by atoms with van der Waals surface area (Å²) in [5, 5.41) is 18.9. The molecule has 17 heavy (non-hydrogen) atoms. The molecule has 0 aromatic heterocycles. The predicted molar refractivity (Wildman–Crippen MR) is 72.0 cm³/mol. The Labute approximate surface area is 106 Å². The van der Waals surface area contributed by atoms with Gasteiger partial charge in [0, 0.05) is 6.61 Å². The summed E-state index contributed by atoms with van der Waals surface area (Å²) in [6.07, 6.45) is 16.5. The molecule has 100 valence electrons. The van der Waals surface area contributed by atoms with Crippen molar-refractivity contribution in [3.63, 3.8) is 0 Å². The van der Waals surface area contributed by atoms with E-state index in [9.17, 15) is 5.11 Å². The lowest BCUT2D eigenvalue weighted by Crippen LogP contribution is -2.28. The van der Waals surface area contributed by atoms with Crippen molar-refractivity contribution in [2.45, 2.75) is 76.2 Å². The zero-order valence-corrected chi connectivity index (χ0v) is 11.0. The molecule has 1 rings (SSSR count). The summed E-state index contributed by atoms with van der Waals surface area (Å²) in [6, 6.07) is 0. The van der Waals surface area contributed by atoms with Crippen LogP contribution in [0.2, 0.25) is 0 Å².